The molecule has 0 aliphatic heterocycles. The molecule has 0 atom stereocenters. The van der Waals surface area contributed by atoms with Crippen LogP contribution in [-0.4, -0.2) is 19.5 Å². The second-order valence-electron chi connectivity index (χ2n) is 14.4. The predicted molar refractivity (Wildman–Crippen MR) is 236 cm³/mol. The molecule has 0 N–H and O–H groups in total. The van der Waals surface area contributed by atoms with Gasteiger partial charge in [-0.1, -0.05) is 121 Å². The van der Waals surface area contributed by atoms with E-state index in [9.17, 15) is 0 Å². The first-order chi connectivity index (χ1) is 28.2. The zero-order chi connectivity index (χ0) is 37.5. The Morgan fingerprint density at radius 1 is 0.386 bits per heavy atom. The van der Waals surface area contributed by atoms with Crippen LogP contribution in [0.15, 0.2) is 186 Å². The Kier molecular flexibility index (Phi) is 7.03. The van der Waals surface area contributed by atoms with E-state index in [2.05, 4.69) is 156 Å². The minimum atomic E-state index is 0.600. The fourth-order valence-corrected chi connectivity index (χ4v) is 9.54. The van der Waals surface area contributed by atoms with Gasteiger partial charge in [-0.05, 0) is 71.8 Å². The van der Waals surface area contributed by atoms with E-state index in [1.807, 2.05) is 30.3 Å². The molecule has 0 saturated heterocycles. The summed E-state index contributed by atoms with van der Waals surface area (Å²) in [6.07, 6.45) is 0. The van der Waals surface area contributed by atoms with Crippen molar-refractivity contribution in [1.29, 1.82) is 0 Å². The molecule has 4 aromatic heterocycles. The lowest BCUT2D eigenvalue weighted by atomic mass is 10.0. The van der Waals surface area contributed by atoms with Gasteiger partial charge in [0.25, 0.3) is 0 Å². The molecule has 6 heteroatoms. The summed E-state index contributed by atoms with van der Waals surface area (Å²) in [5, 5.41) is 6.97. The van der Waals surface area contributed by atoms with Crippen molar-refractivity contribution in [1.82, 2.24) is 19.5 Å². The van der Waals surface area contributed by atoms with Crippen LogP contribution in [0, 0.1) is 0 Å². The van der Waals surface area contributed by atoms with Crippen LogP contribution in [0.2, 0.25) is 0 Å². The van der Waals surface area contributed by atoms with E-state index in [1.54, 1.807) is 11.3 Å². The maximum Gasteiger partial charge on any atom is 0.164 e. The van der Waals surface area contributed by atoms with Crippen LogP contribution in [0.5, 0.6) is 0 Å². The number of hydrogen-bond acceptors (Lipinski definition) is 5. The molecule has 5 nitrogen and oxygen atoms in total. The molecule has 0 unspecified atom stereocenters. The van der Waals surface area contributed by atoms with Crippen molar-refractivity contribution in [2.45, 2.75) is 0 Å². The minimum absolute atomic E-state index is 0.600. The number of aromatic nitrogens is 4. The normalized spacial score (nSPS) is 11.9. The molecule has 4 heterocycles. The van der Waals surface area contributed by atoms with Gasteiger partial charge in [0.2, 0.25) is 0 Å². The standard InChI is InChI=1S/C51H30N4OS/c1-2-11-31(12-3-1)33-23-27-37-36-13-4-7-17-42(36)55(43(37)29-33)35-25-21-32(22-26-35)49-52-50(34-24-28-39-38-14-6-9-20-46(38)57-47(39)30-34)54-51(53-49)41-16-10-19-45-48(41)40-15-5-8-18-44(40)56-45/h1-30H. The first-order valence-electron chi connectivity index (χ1n) is 19.0. The van der Waals surface area contributed by atoms with Crippen molar-refractivity contribution >= 4 is 75.3 Å². The lowest BCUT2D eigenvalue weighted by Crippen LogP contribution is -2.01. The number of furan rings is 1. The highest BCUT2D eigenvalue weighted by molar-refractivity contribution is 7.25. The fraction of sp³-hybridized carbons (Fsp3) is 0. The smallest absolute Gasteiger partial charge is 0.164 e. The largest absolute Gasteiger partial charge is 0.456 e. The molecule has 0 spiro atoms. The molecular formula is C51H30N4OS. The summed E-state index contributed by atoms with van der Waals surface area (Å²) in [6.45, 7) is 0. The SMILES string of the molecule is c1ccc(-c2ccc3c4ccccc4n(-c4ccc(-c5nc(-c6ccc7c(c6)sc6ccccc67)nc(-c6cccc7oc8ccccc8c67)n5)cc4)c3c2)cc1. The Bertz CT molecular complexity index is 3520. The lowest BCUT2D eigenvalue weighted by molar-refractivity contribution is 0.669. The molecule has 0 radical (unpaired) electrons. The van der Waals surface area contributed by atoms with Gasteiger partial charge in [-0.15, -0.1) is 11.3 Å². The number of benzene rings is 8. The van der Waals surface area contributed by atoms with Crippen LogP contribution < -0.4 is 0 Å². The summed E-state index contributed by atoms with van der Waals surface area (Å²) in [5.74, 6) is 1.83. The van der Waals surface area contributed by atoms with Gasteiger partial charge in [-0.25, -0.2) is 15.0 Å². The molecule has 0 bridgehead atoms. The minimum Gasteiger partial charge on any atom is -0.456 e. The Balaban J connectivity index is 1.04. The van der Waals surface area contributed by atoms with Gasteiger partial charge in [0, 0.05) is 64.1 Å². The number of fused-ring (bicyclic) bond motifs is 9. The summed E-state index contributed by atoms with van der Waals surface area (Å²) in [6, 6.07) is 63.9. The number of para-hydroxylation sites is 2. The summed E-state index contributed by atoms with van der Waals surface area (Å²) in [5.41, 5.74) is 10.1. The zero-order valence-electron chi connectivity index (χ0n) is 30.4. The molecule has 0 aliphatic carbocycles. The first-order valence-corrected chi connectivity index (χ1v) is 19.8. The van der Waals surface area contributed by atoms with Crippen molar-refractivity contribution in [2.24, 2.45) is 0 Å². The second-order valence-corrected chi connectivity index (χ2v) is 15.5. The third-order valence-corrected chi connectivity index (χ3v) is 12.2. The number of nitrogens with zero attached hydrogens (tertiary/aromatic N) is 4. The average molecular weight is 747 g/mol. The van der Waals surface area contributed by atoms with Crippen LogP contribution >= 0.6 is 11.3 Å². The summed E-state index contributed by atoms with van der Waals surface area (Å²) >= 11 is 1.79. The quantitative estimate of drug-likeness (QED) is 0.176. The average Bonchev–Trinajstić information content (AvgIpc) is 3.95. The maximum atomic E-state index is 6.29. The molecule has 12 aromatic rings. The van der Waals surface area contributed by atoms with Crippen molar-refractivity contribution in [3.8, 4) is 51.0 Å². The van der Waals surface area contributed by atoms with E-state index in [4.69, 9.17) is 19.4 Å². The van der Waals surface area contributed by atoms with Crippen LogP contribution in [0.4, 0.5) is 0 Å². The summed E-state index contributed by atoms with van der Waals surface area (Å²) in [4.78, 5) is 15.6. The van der Waals surface area contributed by atoms with Crippen LogP contribution in [-0.2, 0) is 0 Å². The summed E-state index contributed by atoms with van der Waals surface area (Å²) in [7, 11) is 0. The Morgan fingerprint density at radius 3 is 1.89 bits per heavy atom. The predicted octanol–water partition coefficient (Wildman–Crippen LogP) is 13.9. The third-order valence-electron chi connectivity index (χ3n) is 11.1. The Morgan fingerprint density at radius 2 is 1.02 bits per heavy atom. The Hall–Kier alpha value is -7.41. The van der Waals surface area contributed by atoms with Crippen molar-refractivity contribution in [3.05, 3.63) is 182 Å². The van der Waals surface area contributed by atoms with Crippen molar-refractivity contribution in [2.75, 3.05) is 0 Å². The third kappa shape index (κ3) is 5.12. The van der Waals surface area contributed by atoms with E-state index in [0.717, 1.165) is 55.3 Å². The van der Waals surface area contributed by atoms with Gasteiger partial charge in [0.1, 0.15) is 11.2 Å². The van der Waals surface area contributed by atoms with Crippen LogP contribution in [0.25, 0.3) is 115 Å². The molecule has 12 rings (SSSR count). The fourth-order valence-electron chi connectivity index (χ4n) is 8.40. The van der Waals surface area contributed by atoms with Crippen molar-refractivity contribution < 1.29 is 4.42 Å². The van der Waals surface area contributed by atoms with E-state index < -0.39 is 0 Å². The maximum absolute atomic E-state index is 6.29. The highest BCUT2D eigenvalue weighted by atomic mass is 32.1. The van der Waals surface area contributed by atoms with E-state index >= 15 is 0 Å². The molecule has 57 heavy (non-hydrogen) atoms. The molecule has 0 saturated carbocycles. The molecule has 0 aliphatic rings. The van der Waals surface area contributed by atoms with E-state index in [1.165, 1.54) is 42.1 Å². The topological polar surface area (TPSA) is 56.7 Å². The Labute approximate surface area is 330 Å². The molecule has 0 amide bonds. The molecule has 266 valence electrons. The monoisotopic (exact) mass is 746 g/mol. The van der Waals surface area contributed by atoms with E-state index in [-0.39, 0.29) is 0 Å². The van der Waals surface area contributed by atoms with Crippen LogP contribution in [0.3, 0.4) is 0 Å². The molecular weight excluding hydrogens is 717 g/mol. The highest BCUT2D eigenvalue weighted by Crippen LogP contribution is 2.40. The van der Waals surface area contributed by atoms with Gasteiger partial charge in [-0.3, -0.25) is 0 Å². The highest BCUT2D eigenvalue weighted by Gasteiger charge is 2.19. The van der Waals surface area contributed by atoms with E-state index in [0.29, 0.717) is 17.5 Å². The zero-order valence-corrected chi connectivity index (χ0v) is 31.2. The van der Waals surface area contributed by atoms with Gasteiger partial charge in [0.15, 0.2) is 17.5 Å². The number of rotatable bonds is 5. The van der Waals surface area contributed by atoms with Crippen molar-refractivity contribution in [3.63, 3.8) is 0 Å². The molecule has 0 fully saturated rings. The van der Waals surface area contributed by atoms with Gasteiger partial charge >= 0.3 is 0 Å². The van der Waals surface area contributed by atoms with Crippen LogP contribution in [0.1, 0.15) is 0 Å². The first kappa shape index (κ1) is 31.9. The molecule has 8 aromatic carbocycles. The number of thiophene rings is 1. The number of hydrogen-bond donors (Lipinski definition) is 0. The second kappa shape index (κ2) is 12.6. The lowest BCUT2D eigenvalue weighted by Gasteiger charge is -2.12. The van der Waals surface area contributed by atoms with Gasteiger partial charge in [0.05, 0.1) is 11.0 Å². The van der Waals surface area contributed by atoms with Gasteiger partial charge in [-0.2, -0.15) is 0 Å². The van der Waals surface area contributed by atoms with Gasteiger partial charge < -0.3 is 8.98 Å². The summed E-state index contributed by atoms with van der Waals surface area (Å²) < 4.78 is 11.1.